The Morgan fingerprint density at radius 3 is 2.41 bits per heavy atom. The summed E-state index contributed by atoms with van der Waals surface area (Å²) in [5.74, 6) is -1.02. The van der Waals surface area contributed by atoms with Crippen LogP contribution in [0.4, 0.5) is 8.78 Å². The van der Waals surface area contributed by atoms with Crippen LogP contribution < -0.4 is 20.1 Å². The minimum Gasteiger partial charge on any atom is -0.490 e. The maximum absolute atomic E-state index is 15.4. The molecule has 3 atom stereocenters. The molecule has 2 aromatic carbocycles. The molecule has 8 nitrogen and oxygen atoms in total. The number of sulfonamides is 1. The van der Waals surface area contributed by atoms with Gasteiger partial charge in [-0.25, -0.2) is 17.2 Å². The quantitative estimate of drug-likeness (QED) is 0.359. The van der Waals surface area contributed by atoms with Crippen molar-refractivity contribution in [2.45, 2.75) is 107 Å². The second kappa shape index (κ2) is 11.7. The molecule has 1 aliphatic heterocycles. The first kappa shape index (κ1) is 32.3. The van der Waals surface area contributed by atoms with Gasteiger partial charge in [0.05, 0.1) is 11.7 Å². The van der Waals surface area contributed by atoms with E-state index in [1.165, 1.54) is 6.07 Å². The molecule has 2 saturated carbocycles. The third kappa shape index (κ3) is 6.78. The highest BCUT2D eigenvalue weighted by molar-refractivity contribution is 7.89. The van der Waals surface area contributed by atoms with Gasteiger partial charge < -0.3 is 15.4 Å². The lowest BCUT2D eigenvalue weighted by Crippen LogP contribution is -2.48. The molecule has 2 aliphatic carbocycles. The molecule has 5 rings (SSSR count). The van der Waals surface area contributed by atoms with Crippen molar-refractivity contribution in [1.29, 1.82) is 0 Å². The van der Waals surface area contributed by atoms with Crippen LogP contribution in [-0.2, 0) is 25.0 Å². The van der Waals surface area contributed by atoms with Gasteiger partial charge in [-0.15, -0.1) is 0 Å². The van der Waals surface area contributed by atoms with E-state index in [4.69, 9.17) is 4.74 Å². The van der Waals surface area contributed by atoms with Crippen LogP contribution in [0, 0.1) is 5.82 Å². The molecule has 0 unspecified atom stereocenters. The summed E-state index contributed by atoms with van der Waals surface area (Å²) in [4.78, 5) is 25.9. The number of hydrogen-bond donors (Lipinski definition) is 3. The molecule has 0 bridgehead atoms. The minimum atomic E-state index is -3.78. The molecule has 44 heavy (non-hydrogen) atoms. The average molecular weight is 632 g/mol. The van der Waals surface area contributed by atoms with Gasteiger partial charge in [0.1, 0.15) is 17.7 Å². The van der Waals surface area contributed by atoms with E-state index < -0.39 is 38.5 Å². The van der Waals surface area contributed by atoms with Crippen LogP contribution in [-0.4, -0.2) is 56.4 Å². The van der Waals surface area contributed by atoms with Crippen LogP contribution in [0.1, 0.15) is 89.7 Å². The highest BCUT2D eigenvalue weighted by atomic mass is 32.2. The molecule has 1 heterocycles. The lowest BCUT2D eigenvalue weighted by atomic mass is 9.76. The molecule has 1 saturated heterocycles. The van der Waals surface area contributed by atoms with Gasteiger partial charge in [-0.1, -0.05) is 24.6 Å². The highest BCUT2D eigenvalue weighted by Gasteiger charge is 2.50. The molecule has 3 N–H and O–H groups in total. The lowest BCUT2D eigenvalue weighted by molar-refractivity contribution is -0.132. The summed E-state index contributed by atoms with van der Waals surface area (Å²) in [5.41, 5.74) is -1.21. The van der Waals surface area contributed by atoms with E-state index in [0.717, 1.165) is 25.5 Å². The fraction of sp³-hybridized carbons (Fsp3) is 0.576. The van der Waals surface area contributed by atoms with Crippen molar-refractivity contribution in [3.8, 4) is 16.9 Å². The smallest absolute Gasteiger partial charge is 0.259 e. The fourth-order valence-electron chi connectivity index (χ4n) is 6.58. The monoisotopic (exact) mass is 631 g/mol. The van der Waals surface area contributed by atoms with E-state index in [0.29, 0.717) is 47.3 Å². The summed E-state index contributed by atoms with van der Waals surface area (Å²) in [5, 5.41) is 5.96. The van der Waals surface area contributed by atoms with Gasteiger partial charge in [0.25, 0.3) is 5.91 Å². The summed E-state index contributed by atoms with van der Waals surface area (Å²) in [6, 6.07) is 9.95. The molecule has 3 aliphatic rings. The maximum atomic E-state index is 15.4. The van der Waals surface area contributed by atoms with E-state index in [-0.39, 0.29) is 36.8 Å². The van der Waals surface area contributed by atoms with Crippen LogP contribution in [0.3, 0.4) is 0 Å². The van der Waals surface area contributed by atoms with Crippen molar-refractivity contribution in [2.75, 3.05) is 12.8 Å². The second-order valence-corrected chi connectivity index (χ2v) is 15.7. The third-order valence-corrected chi connectivity index (χ3v) is 9.95. The lowest BCUT2D eigenvalue weighted by Gasteiger charge is -2.30. The molecule has 3 fully saturated rings. The van der Waals surface area contributed by atoms with Gasteiger partial charge in [0, 0.05) is 36.5 Å². The first-order valence-corrected chi connectivity index (χ1v) is 17.2. The van der Waals surface area contributed by atoms with Crippen molar-refractivity contribution in [1.82, 2.24) is 15.4 Å². The number of carbonyl (C=O) groups is 2. The molecule has 2 amide bonds. The summed E-state index contributed by atoms with van der Waals surface area (Å²) in [6.45, 7) is 6.99. The third-order valence-electron chi connectivity index (χ3n) is 9.39. The van der Waals surface area contributed by atoms with E-state index in [9.17, 15) is 18.0 Å². The predicted molar refractivity (Wildman–Crippen MR) is 165 cm³/mol. The van der Waals surface area contributed by atoms with Crippen LogP contribution in [0.25, 0.3) is 11.1 Å². The van der Waals surface area contributed by atoms with E-state index >= 15 is 8.78 Å². The SMILES string of the molecule is CC1(C)C[C@@](F)(C(=O)N[C@@H]2CC[C@@H](Oc3ccc(C(C)(C)C(=O)NS(C)(=O)=O)cc3-c3cccc(F)c3C3CCC3)C2)CN1. The molecule has 11 heteroatoms. The normalized spacial score (nSPS) is 25.3. The summed E-state index contributed by atoms with van der Waals surface area (Å²) < 4.78 is 63.0. The zero-order chi connectivity index (χ0) is 32.1. The number of carbonyl (C=O) groups excluding carboxylic acids is 2. The number of alkyl halides is 1. The Morgan fingerprint density at radius 1 is 1.07 bits per heavy atom. The second-order valence-electron chi connectivity index (χ2n) is 14.0. The summed E-state index contributed by atoms with van der Waals surface area (Å²) >= 11 is 0. The minimum absolute atomic E-state index is 0.0241. The van der Waals surface area contributed by atoms with Crippen LogP contribution in [0.5, 0.6) is 5.75 Å². The zero-order valence-corrected chi connectivity index (χ0v) is 26.9. The number of hydrogen-bond acceptors (Lipinski definition) is 6. The highest BCUT2D eigenvalue weighted by Crippen LogP contribution is 2.46. The zero-order valence-electron chi connectivity index (χ0n) is 26.1. The first-order chi connectivity index (χ1) is 20.5. The standard InChI is InChI=1S/C33H43F2N3O5S/c1-31(2)18-33(35,19-36-31)30(40)37-22-13-14-23(17-22)43-27-15-12-21(32(3,4)29(39)38-44(5,41)42)16-25(27)24-10-7-11-26(34)28(24)20-8-6-9-20/h7,10-12,15-16,20,22-23,36H,6,8-9,13-14,17-19H2,1-5H3,(H,37,40)(H,38,39)/t22-,23-,33+/m1/s1. The Labute approximate surface area is 258 Å². The largest absolute Gasteiger partial charge is 0.490 e. The van der Waals surface area contributed by atoms with Gasteiger partial charge in [-0.05, 0) is 94.2 Å². The fourth-order valence-corrected chi connectivity index (χ4v) is 7.17. The Hall–Kier alpha value is -3.05. The molecular formula is C33H43F2N3O5S. The predicted octanol–water partition coefficient (Wildman–Crippen LogP) is 5.01. The van der Waals surface area contributed by atoms with Crippen molar-refractivity contribution in [3.63, 3.8) is 0 Å². The number of rotatable bonds is 9. The first-order valence-electron chi connectivity index (χ1n) is 15.3. The molecule has 2 aromatic rings. The van der Waals surface area contributed by atoms with Crippen molar-refractivity contribution >= 4 is 21.8 Å². The van der Waals surface area contributed by atoms with E-state index in [1.807, 2.05) is 19.9 Å². The van der Waals surface area contributed by atoms with Crippen LogP contribution >= 0.6 is 0 Å². The van der Waals surface area contributed by atoms with Gasteiger partial charge in [-0.2, -0.15) is 0 Å². The number of benzene rings is 2. The molecule has 0 radical (unpaired) electrons. The summed E-state index contributed by atoms with van der Waals surface area (Å²) in [7, 11) is -3.78. The number of nitrogens with one attached hydrogen (secondary N) is 3. The molecule has 0 spiro atoms. The maximum Gasteiger partial charge on any atom is 0.259 e. The molecular weight excluding hydrogens is 588 g/mol. The van der Waals surface area contributed by atoms with Gasteiger partial charge in [0.15, 0.2) is 0 Å². The molecule has 0 aromatic heterocycles. The average Bonchev–Trinajstić information content (AvgIpc) is 3.45. The van der Waals surface area contributed by atoms with Crippen molar-refractivity contribution in [2.24, 2.45) is 0 Å². The number of halogens is 2. The van der Waals surface area contributed by atoms with E-state index in [2.05, 4.69) is 15.4 Å². The van der Waals surface area contributed by atoms with Crippen molar-refractivity contribution in [3.05, 3.63) is 53.3 Å². The van der Waals surface area contributed by atoms with E-state index in [1.54, 1.807) is 38.1 Å². The topological polar surface area (TPSA) is 114 Å². The Bertz CT molecular complexity index is 1560. The number of ether oxygens (including phenoxy) is 1. The van der Waals surface area contributed by atoms with Crippen LogP contribution in [0.2, 0.25) is 0 Å². The Morgan fingerprint density at radius 2 is 1.80 bits per heavy atom. The Balaban J connectivity index is 1.42. The molecule has 240 valence electrons. The van der Waals surface area contributed by atoms with Gasteiger partial charge in [0.2, 0.25) is 21.6 Å². The van der Waals surface area contributed by atoms with Gasteiger partial charge in [-0.3, -0.25) is 14.3 Å². The van der Waals surface area contributed by atoms with Crippen molar-refractivity contribution < 1.29 is 31.5 Å². The summed E-state index contributed by atoms with van der Waals surface area (Å²) in [6.07, 6.45) is 5.27. The van der Waals surface area contributed by atoms with Gasteiger partial charge >= 0.3 is 0 Å². The Kier molecular flexibility index (Phi) is 8.61. The van der Waals surface area contributed by atoms with Crippen LogP contribution in [0.15, 0.2) is 36.4 Å². The number of amides is 2.